The van der Waals surface area contributed by atoms with Crippen molar-refractivity contribution in [2.75, 3.05) is 5.73 Å². The lowest BCUT2D eigenvalue weighted by molar-refractivity contribution is 0.282. The summed E-state index contributed by atoms with van der Waals surface area (Å²) in [4.78, 5) is 1.13. The standard InChI is InChI=1S/C15H17NOS/c1-11-3-2-4-14(15(11)16)18-10-13-7-5-12(9-17)6-8-13/h2-8,17H,9-10,16H2,1H3. The second kappa shape index (κ2) is 5.94. The number of aliphatic hydroxyl groups excluding tert-OH is 1. The molecule has 2 aromatic rings. The monoisotopic (exact) mass is 259 g/mol. The number of rotatable bonds is 4. The fourth-order valence-corrected chi connectivity index (χ4v) is 2.69. The fourth-order valence-electron chi connectivity index (χ4n) is 1.68. The Morgan fingerprint density at radius 1 is 1.06 bits per heavy atom. The normalized spacial score (nSPS) is 10.6. The first-order chi connectivity index (χ1) is 8.70. The molecule has 0 aliphatic rings. The molecule has 0 amide bonds. The molecule has 0 atom stereocenters. The van der Waals surface area contributed by atoms with Gasteiger partial charge in [0, 0.05) is 16.3 Å². The van der Waals surface area contributed by atoms with E-state index in [-0.39, 0.29) is 6.61 Å². The van der Waals surface area contributed by atoms with Crippen LogP contribution in [0.4, 0.5) is 5.69 Å². The zero-order valence-corrected chi connectivity index (χ0v) is 11.2. The Balaban J connectivity index is 2.04. The van der Waals surface area contributed by atoms with Crippen LogP contribution in [0.2, 0.25) is 0 Å². The van der Waals surface area contributed by atoms with Crippen LogP contribution in [-0.4, -0.2) is 5.11 Å². The van der Waals surface area contributed by atoms with E-state index in [0.29, 0.717) is 0 Å². The highest BCUT2D eigenvalue weighted by molar-refractivity contribution is 7.98. The van der Waals surface area contributed by atoms with E-state index in [2.05, 4.69) is 6.07 Å². The topological polar surface area (TPSA) is 46.2 Å². The Kier molecular flexibility index (Phi) is 4.28. The summed E-state index contributed by atoms with van der Waals surface area (Å²) in [6.07, 6.45) is 0. The van der Waals surface area contributed by atoms with Gasteiger partial charge in [-0.2, -0.15) is 0 Å². The third-order valence-electron chi connectivity index (χ3n) is 2.88. The molecule has 0 saturated carbocycles. The molecule has 0 aliphatic heterocycles. The van der Waals surface area contributed by atoms with Gasteiger partial charge in [0.05, 0.1) is 6.61 Å². The van der Waals surface area contributed by atoms with E-state index in [1.807, 2.05) is 43.3 Å². The van der Waals surface area contributed by atoms with Crippen molar-refractivity contribution in [3.8, 4) is 0 Å². The molecule has 2 nitrogen and oxygen atoms in total. The lowest BCUT2D eigenvalue weighted by Gasteiger charge is -2.08. The quantitative estimate of drug-likeness (QED) is 0.653. The van der Waals surface area contributed by atoms with E-state index in [9.17, 15) is 0 Å². The van der Waals surface area contributed by atoms with Crippen LogP contribution in [0.5, 0.6) is 0 Å². The first-order valence-corrected chi connectivity index (χ1v) is 6.86. The molecule has 0 aromatic heterocycles. The van der Waals surface area contributed by atoms with Crippen molar-refractivity contribution >= 4 is 17.4 Å². The van der Waals surface area contributed by atoms with Crippen molar-refractivity contribution in [2.24, 2.45) is 0 Å². The molecule has 3 N–H and O–H groups in total. The summed E-state index contributed by atoms with van der Waals surface area (Å²) in [6.45, 7) is 2.12. The predicted octanol–water partition coefficient (Wildman–Crippen LogP) is 3.36. The maximum absolute atomic E-state index is 8.98. The smallest absolute Gasteiger partial charge is 0.0681 e. The maximum atomic E-state index is 8.98. The second-order valence-electron chi connectivity index (χ2n) is 4.25. The average molecular weight is 259 g/mol. The first-order valence-electron chi connectivity index (χ1n) is 5.87. The number of anilines is 1. The number of hydrogen-bond donors (Lipinski definition) is 2. The number of nitrogen functional groups attached to an aromatic ring is 1. The van der Waals surface area contributed by atoms with E-state index in [4.69, 9.17) is 10.8 Å². The first kappa shape index (κ1) is 13.0. The minimum absolute atomic E-state index is 0.0955. The number of nitrogens with two attached hydrogens (primary N) is 1. The molecule has 0 unspecified atom stereocenters. The summed E-state index contributed by atoms with van der Waals surface area (Å²) in [6, 6.07) is 14.1. The Morgan fingerprint density at radius 3 is 2.39 bits per heavy atom. The summed E-state index contributed by atoms with van der Waals surface area (Å²) < 4.78 is 0. The highest BCUT2D eigenvalue weighted by Crippen LogP contribution is 2.30. The van der Waals surface area contributed by atoms with Crippen molar-refractivity contribution in [3.63, 3.8) is 0 Å². The molecule has 0 spiro atoms. The van der Waals surface area contributed by atoms with Crippen molar-refractivity contribution in [3.05, 3.63) is 59.2 Å². The molecular weight excluding hydrogens is 242 g/mol. The molecule has 18 heavy (non-hydrogen) atoms. The van der Waals surface area contributed by atoms with Crippen LogP contribution in [0.15, 0.2) is 47.4 Å². The summed E-state index contributed by atoms with van der Waals surface area (Å²) in [5.41, 5.74) is 10.2. The molecular formula is C15H17NOS. The van der Waals surface area contributed by atoms with Crippen LogP contribution < -0.4 is 5.73 Å². The van der Waals surface area contributed by atoms with E-state index >= 15 is 0 Å². The SMILES string of the molecule is Cc1cccc(SCc2ccc(CO)cc2)c1N. The predicted molar refractivity (Wildman–Crippen MR) is 77.5 cm³/mol. The largest absolute Gasteiger partial charge is 0.398 e. The van der Waals surface area contributed by atoms with Crippen LogP contribution in [0.1, 0.15) is 16.7 Å². The molecule has 3 heteroatoms. The number of thioether (sulfide) groups is 1. The van der Waals surface area contributed by atoms with Crippen LogP contribution in [0, 0.1) is 6.92 Å². The average Bonchev–Trinajstić information content (AvgIpc) is 2.41. The fraction of sp³-hybridized carbons (Fsp3) is 0.200. The Hall–Kier alpha value is -1.45. The molecule has 0 bridgehead atoms. The highest BCUT2D eigenvalue weighted by Gasteiger charge is 2.02. The zero-order chi connectivity index (χ0) is 13.0. The van der Waals surface area contributed by atoms with Gasteiger partial charge in [-0.05, 0) is 29.7 Å². The van der Waals surface area contributed by atoms with E-state index in [0.717, 1.165) is 27.5 Å². The maximum Gasteiger partial charge on any atom is 0.0681 e. The van der Waals surface area contributed by atoms with Crippen LogP contribution in [0.25, 0.3) is 0 Å². The van der Waals surface area contributed by atoms with E-state index in [1.165, 1.54) is 5.56 Å². The molecule has 2 aromatic carbocycles. The lowest BCUT2D eigenvalue weighted by Crippen LogP contribution is -1.92. The summed E-state index contributed by atoms with van der Waals surface area (Å²) in [5.74, 6) is 0.888. The summed E-state index contributed by atoms with van der Waals surface area (Å²) >= 11 is 1.74. The van der Waals surface area contributed by atoms with Crippen molar-refractivity contribution in [1.82, 2.24) is 0 Å². The van der Waals surface area contributed by atoms with Crippen LogP contribution in [0.3, 0.4) is 0 Å². The molecule has 0 heterocycles. The third kappa shape index (κ3) is 3.06. The van der Waals surface area contributed by atoms with Crippen molar-refractivity contribution < 1.29 is 5.11 Å². The molecule has 0 fully saturated rings. The Labute approximate surface area is 112 Å². The van der Waals surface area contributed by atoms with Gasteiger partial charge in [-0.25, -0.2) is 0 Å². The lowest BCUT2D eigenvalue weighted by atomic mass is 10.2. The van der Waals surface area contributed by atoms with Crippen molar-refractivity contribution in [1.29, 1.82) is 0 Å². The van der Waals surface area contributed by atoms with Gasteiger partial charge >= 0.3 is 0 Å². The number of aliphatic hydroxyl groups is 1. The van der Waals surface area contributed by atoms with Crippen LogP contribution >= 0.6 is 11.8 Å². The summed E-state index contributed by atoms with van der Waals surface area (Å²) in [7, 11) is 0. The molecule has 94 valence electrons. The number of aryl methyl sites for hydroxylation is 1. The Morgan fingerprint density at radius 2 is 1.72 bits per heavy atom. The minimum Gasteiger partial charge on any atom is -0.398 e. The minimum atomic E-state index is 0.0955. The van der Waals surface area contributed by atoms with Crippen molar-refractivity contribution in [2.45, 2.75) is 24.2 Å². The summed E-state index contributed by atoms with van der Waals surface area (Å²) in [5, 5.41) is 8.98. The van der Waals surface area contributed by atoms with Gasteiger partial charge in [0.15, 0.2) is 0 Å². The number of benzene rings is 2. The third-order valence-corrected chi connectivity index (χ3v) is 4.03. The number of hydrogen-bond acceptors (Lipinski definition) is 3. The zero-order valence-electron chi connectivity index (χ0n) is 10.4. The van der Waals surface area contributed by atoms with E-state index < -0.39 is 0 Å². The van der Waals surface area contributed by atoms with Gasteiger partial charge < -0.3 is 10.8 Å². The van der Waals surface area contributed by atoms with E-state index in [1.54, 1.807) is 11.8 Å². The van der Waals surface area contributed by atoms with Gasteiger partial charge in [0.25, 0.3) is 0 Å². The molecule has 0 saturated heterocycles. The van der Waals surface area contributed by atoms with Gasteiger partial charge in [0.1, 0.15) is 0 Å². The molecule has 0 radical (unpaired) electrons. The van der Waals surface area contributed by atoms with Gasteiger partial charge in [-0.1, -0.05) is 36.4 Å². The Bertz CT molecular complexity index is 523. The second-order valence-corrected chi connectivity index (χ2v) is 5.27. The van der Waals surface area contributed by atoms with Gasteiger partial charge in [0.2, 0.25) is 0 Å². The highest BCUT2D eigenvalue weighted by atomic mass is 32.2. The van der Waals surface area contributed by atoms with Crippen LogP contribution in [-0.2, 0) is 12.4 Å². The molecule has 0 aliphatic carbocycles. The molecule has 2 rings (SSSR count). The van der Waals surface area contributed by atoms with Gasteiger partial charge in [-0.15, -0.1) is 11.8 Å². The van der Waals surface area contributed by atoms with Gasteiger partial charge in [-0.3, -0.25) is 0 Å². The number of para-hydroxylation sites is 1.